The van der Waals surface area contributed by atoms with Gasteiger partial charge in [0.15, 0.2) is 0 Å². The number of para-hydroxylation sites is 1. The second kappa shape index (κ2) is 10.5. The van der Waals surface area contributed by atoms with Gasteiger partial charge in [0.1, 0.15) is 5.75 Å². The molecule has 0 saturated carbocycles. The van der Waals surface area contributed by atoms with Crippen LogP contribution in [0.4, 0.5) is 0 Å². The van der Waals surface area contributed by atoms with Crippen molar-refractivity contribution in [1.29, 1.82) is 0 Å². The van der Waals surface area contributed by atoms with E-state index in [1.807, 2.05) is 26.0 Å². The molecule has 0 aliphatic rings. The Balaban J connectivity index is 0.000000433. The number of rotatable bonds is 5. The van der Waals surface area contributed by atoms with Crippen molar-refractivity contribution in [2.24, 2.45) is 0 Å². The predicted octanol–water partition coefficient (Wildman–Crippen LogP) is 3.14. The normalized spacial score (nSPS) is 9.95. The molecule has 0 spiro atoms. The lowest BCUT2D eigenvalue weighted by Crippen LogP contribution is -2.09. The molecule has 0 radical (unpaired) electrons. The summed E-state index contributed by atoms with van der Waals surface area (Å²) in [6.45, 7) is 5.46. The number of ether oxygens (including phenoxy) is 2. The molecular weight excluding hydrogens is 272 g/mol. The number of carbonyl (C=O) groups excluding carboxylic acids is 1. The first-order valence-electron chi connectivity index (χ1n) is 6.64. The lowest BCUT2D eigenvalue weighted by atomic mass is 10.2. The molecule has 0 saturated heterocycles. The molecule has 0 aromatic heterocycles. The van der Waals surface area contributed by atoms with Gasteiger partial charge >= 0.3 is 11.9 Å². The molecule has 0 atom stereocenters. The Kier molecular flexibility index (Phi) is 9.33. The summed E-state index contributed by atoms with van der Waals surface area (Å²) >= 11 is 0. The summed E-state index contributed by atoms with van der Waals surface area (Å²) in [4.78, 5) is 20.6. The van der Waals surface area contributed by atoms with Crippen LogP contribution in [0.15, 0.2) is 30.3 Å². The van der Waals surface area contributed by atoms with E-state index in [0.717, 1.165) is 11.6 Å². The van der Waals surface area contributed by atoms with E-state index < -0.39 is 5.97 Å². The molecule has 0 heterocycles. The van der Waals surface area contributed by atoms with Crippen LogP contribution in [0.1, 0.15) is 32.8 Å². The molecule has 0 aliphatic heterocycles. The molecule has 5 nitrogen and oxygen atoms in total. The molecular formula is C16H22O5. The van der Waals surface area contributed by atoms with Gasteiger partial charge < -0.3 is 14.6 Å². The summed E-state index contributed by atoms with van der Waals surface area (Å²) in [6, 6.07) is 7.22. The third-order valence-corrected chi connectivity index (χ3v) is 2.20. The molecule has 0 aliphatic carbocycles. The Morgan fingerprint density at radius 2 is 1.90 bits per heavy atom. The van der Waals surface area contributed by atoms with Gasteiger partial charge in [-0.15, -0.1) is 0 Å². The molecule has 5 heteroatoms. The first kappa shape index (κ1) is 18.7. The van der Waals surface area contributed by atoms with Crippen LogP contribution in [0.3, 0.4) is 0 Å². The number of methoxy groups -OCH3 is 1. The summed E-state index contributed by atoms with van der Waals surface area (Å²) in [5.41, 5.74) is 0.757. The van der Waals surface area contributed by atoms with Crippen LogP contribution in [0, 0.1) is 0 Å². The fourth-order valence-electron chi connectivity index (χ4n) is 1.31. The van der Waals surface area contributed by atoms with Crippen LogP contribution in [-0.4, -0.2) is 30.3 Å². The molecule has 1 aromatic rings. The first-order chi connectivity index (χ1) is 9.90. The Morgan fingerprint density at radius 3 is 2.33 bits per heavy atom. The largest absolute Gasteiger partial charge is 0.496 e. The maximum atomic E-state index is 10.4. The third kappa shape index (κ3) is 9.27. The monoisotopic (exact) mass is 294 g/mol. The molecule has 1 aromatic carbocycles. The third-order valence-electron chi connectivity index (χ3n) is 2.20. The molecule has 0 amide bonds. The fourth-order valence-corrected chi connectivity index (χ4v) is 1.31. The number of hydrogen-bond acceptors (Lipinski definition) is 4. The minimum atomic E-state index is -0.967. The standard InChI is InChI=1S/C10H10O3.C6H12O2/c1-13-9-5-3-2-4-8(9)6-7-10(11)12;1-4-6(7)8-5(2)3/h2-7H,1H3,(H,11,12);5H,4H2,1-3H3. The molecule has 1 rings (SSSR count). The van der Waals surface area contributed by atoms with Crippen molar-refractivity contribution in [3.63, 3.8) is 0 Å². The Bertz CT molecular complexity index is 477. The zero-order chi connectivity index (χ0) is 16.3. The molecule has 0 bridgehead atoms. The first-order valence-corrected chi connectivity index (χ1v) is 6.64. The molecule has 21 heavy (non-hydrogen) atoms. The zero-order valence-corrected chi connectivity index (χ0v) is 12.8. The minimum absolute atomic E-state index is 0.0300. The van der Waals surface area contributed by atoms with Crippen LogP contribution in [-0.2, 0) is 14.3 Å². The summed E-state index contributed by atoms with van der Waals surface area (Å²) in [5.74, 6) is -0.425. The van der Waals surface area contributed by atoms with Gasteiger partial charge in [-0.1, -0.05) is 25.1 Å². The van der Waals surface area contributed by atoms with E-state index in [-0.39, 0.29) is 12.1 Å². The van der Waals surface area contributed by atoms with Crippen molar-refractivity contribution in [1.82, 2.24) is 0 Å². The second-order valence-corrected chi connectivity index (χ2v) is 4.31. The van der Waals surface area contributed by atoms with E-state index in [4.69, 9.17) is 14.6 Å². The Morgan fingerprint density at radius 1 is 1.29 bits per heavy atom. The van der Waals surface area contributed by atoms with Gasteiger partial charge in [-0.3, -0.25) is 4.79 Å². The van der Waals surface area contributed by atoms with Gasteiger partial charge in [-0.05, 0) is 26.0 Å². The maximum Gasteiger partial charge on any atom is 0.328 e. The van der Waals surface area contributed by atoms with Gasteiger partial charge in [-0.25, -0.2) is 4.79 Å². The summed E-state index contributed by atoms with van der Waals surface area (Å²) in [5, 5.41) is 8.41. The predicted molar refractivity (Wildman–Crippen MR) is 81.2 cm³/mol. The number of benzene rings is 1. The van der Waals surface area contributed by atoms with Gasteiger partial charge in [-0.2, -0.15) is 0 Å². The number of carbonyl (C=O) groups is 2. The number of aliphatic carboxylic acids is 1. The summed E-state index contributed by atoms with van der Waals surface area (Å²) in [6.07, 6.45) is 3.08. The van der Waals surface area contributed by atoms with Crippen molar-refractivity contribution in [3.05, 3.63) is 35.9 Å². The highest BCUT2D eigenvalue weighted by molar-refractivity contribution is 5.85. The van der Waals surface area contributed by atoms with Crippen molar-refractivity contribution in [2.75, 3.05) is 7.11 Å². The molecule has 116 valence electrons. The molecule has 0 unspecified atom stereocenters. The molecule has 0 fully saturated rings. The average molecular weight is 294 g/mol. The van der Waals surface area contributed by atoms with E-state index in [1.165, 1.54) is 6.08 Å². The maximum absolute atomic E-state index is 10.4. The van der Waals surface area contributed by atoms with Crippen molar-refractivity contribution >= 4 is 18.0 Å². The van der Waals surface area contributed by atoms with Crippen molar-refractivity contribution in [2.45, 2.75) is 33.3 Å². The highest BCUT2D eigenvalue weighted by Crippen LogP contribution is 2.18. The number of hydrogen-bond donors (Lipinski definition) is 1. The van der Waals surface area contributed by atoms with Crippen LogP contribution >= 0.6 is 0 Å². The van der Waals surface area contributed by atoms with Crippen LogP contribution in [0.2, 0.25) is 0 Å². The molecule has 1 N–H and O–H groups in total. The minimum Gasteiger partial charge on any atom is -0.496 e. The van der Waals surface area contributed by atoms with Gasteiger partial charge in [0.05, 0.1) is 13.2 Å². The number of carboxylic acids is 1. The zero-order valence-electron chi connectivity index (χ0n) is 12.8. The summed E-state index contributed by atoms with van der Waals surface area (Å²) in [7, 11) is 1.55. The lowest BCUT2D eigenvalue weighted by molar-refractivity contribution is -0.147. The number of esters is 1. The Hall–Kier alpha value is -2.30. The van der Waals surface area contributed by atoms with Crippen LogP contribution < -0.4 is 4.74 Å². The van der Waals surface area contributed by atoms with Crippen molar-refractivity contribution in [3.8, 4) is 5.75 Å². The van der Waals surface area contributed by atoms with Crippen molar-refractivity contribution < 1.29 is 24.2 Å². The SMILES string of the molecule is CCC(=O)OC(C)C.COc1ccccc1C=CC(=O)O. The second-order valence-electron chi connectivity index (χ2n) is 4.31. The van der Waals surface area contributed by atoms with E-state index in [9.17, 15) is 9.59 Å². The number of carboxylic acid groups (broad SMARTS) is 1. The van der Waals surface area contributed by atoms with Crippen LogP contribution in [0.5, 0.6) is 5.75 Å². The Labute approximate surface area is 125 Å². The smallest absolute Gasteiger partial charge is 0.328 e. The van der Waals surface area contributed by atoms with Crippen LogP contribution in [0.25, 0.3) is 6.08 Å². The average Bonchev–Trinajstić information content (AvgIpc) is 2.45. The fraction of sp³-hybridized carbons (Fsp3) is 0.375. The van der Waals surface area contributed by atoms with E-state index in [0.29, 0.717) is 12.2 Å². The van der Waals surface area contributed by atoms with E-state index in [1.54, 1.807) is 26.2 Å². The van der Waals surface area contributed by atoms with E-state index >= 15 is 0 Å². The van der Waals surface area contributed by atoms with E-state index in [2.05, 4.69) is 0 Å². The topological polar surface area (TPSA) is 72.8 Å². The summed E-state index contributed by atoms with van der Waals surface area (Å²) < 4.78 is 9.79. The van der Waals surface area contributed by atoms with Gasteiger partial charge in [0.25, 0.3) is 0 Å². The highest BCUT2D eigenvalue weighted by Gasteiger charge is 1.99. The van der Waals surface area contributed by atoms with Gasteiger partial charge in [0, 0.05) is 18.1 Å². The quantitative estimate of drug-likeness (QED) is 0.667. The van der Waals surface area contributed by atoms with Gasteiger partial charge in [0.2, 0.25) is 0 Å². The highest BCUT2D eigenvalue weighted by atomic mass is 16.5. The lowest BCUT2D eigenvalue weighted by Gasteiger charge is -2.04.